The van der Waals surface area contributed by atoms with Crippen LogP contribution in [0.3, 0.4) is 0 Å². The van der Waals surface area contributed by atoms with E-state index < -0.39 is 0 Å². The van der Waals surface area contributed by atoms with Crippen LogP contribution in [0.25, 0.3) is 66.8 Å². The SMILES string of the molecule is CN(c1ccc(-c2ccccc2)cc1)c1ccc2c(c1)C(C)(C)c1cc(N(c3ccccc3)c3ccccc3)ccc1-2.CN(c1ccc2c(c1)C(C)(C)c1cc(N(c3ccccc3)c3ccccc3)ccc1-2)c1ccccc1-c1ccccc1.CN(c1cccc(-c2ccccc2)c1)c1ccc2c(c1)C(C)(C)c1cc(N(c3ccccc3)c3ccccc3)ccc1-2. The molecule has 21 rings (SSSR count). The Morgan fingerprint density at radius 2 is 0.357 bits per heavy atom. The van der Waals surface area contributed by atoms with Crippen molar-refractivity contribution in [2.75, 3.05) is 50.5 Å². The van der Waals surface area contributed by atoms with Crippen molar-refractivity contribution in [1.82, 2.24) is 0 Å². The highest BCUT2D eigenvalue weighted by Crippen LogP contribution is 2.56. The number of nitrogens with zero attached hydrogens (tertiary/aromatic N) is 6. The fourth-order valence-electron chi connectivity index (χ4n) is 19.1. The lowest BCUT2D eigenvalue weighted by molar-refractivity contribution is 0.660. The molecule has 126 heavy (non-hydrogen) atoms. The summed E-state index contributed by atoms with van der Waals surface area (Å²) < 4.78 is 0. The van der Waals surface area contributed by atoms with Crippen molar-refractivity contribution in [1.29, 1.82) is 0 Å². The standard InChI is InChI=1S/3C40H34N2/c1-40(2)37-27-32(41(3)39-22-14-13-21-34(39)29-15-7-4-8-16-29)23-25-35(37)36-26-24-33(28-38(36)40)42(30-17-9-5-10-18-30)31-19-11-6-12-20-31;1-40(2)38-27-34(41(3)33-21-13-16-30(26-33)29-14-7-4-8-15-29)22-24-36(38)37-25-23-35(28-39(37)40)42(31-17-9-5-10-18-31)32-19-11-6-12-20-32;1-40(2)38-27-34(41(3)31-21-19-30(20-22-31)29-13-7-4-8-14-29)23-25-36(38)37-26-24-35(28-39(37)40)42(32-15-9-5-10-16-32)33-17-11-6-12-18-33/h3*4-28H,1-3H3. The average Bonchev–Trinajstić information content (AvgIpc) is 1.58. The largest absolute Gasteiger partial charge is 0.345 e. The summed E-state index contributed by atoms with van der Waals surface area (Å²) in [6.45, 7) is 14.1. The zero-order chi connectivity index (χ0) is 86.0. The molecule has 6 heteroatoms. The maximum Gasteiger partial charge on any atom is 0.0487 e. The van der Waals surface area contributed by atoms with Crippen LogP contribution in [-0.4, -0.2) is 21.1 Å². The van der Waals surface area contributed by atoms with Gasteiger partial charge in [-0.3, -0.25) is 0 Å². The van der Waals surface area contributed by atoms with Gasteiger partial charge < -0.3 is 29.4 Å². The minimum Gasteiger partial charge on any atom is -0.345 e. The van der Waals surface area contributed by atoms with Crippen molar-refractivity contribution in [2.24, 2.45) is 0 Å². The van der Waals surface area contributed by atoms with Crippen molar-refractivity contribution in [2.45, 2.75) is 57.8 Å². The molecule has 0 N–H and O–H groups in total. The number of hydrogen-bond acceptors (Lipinski definition) is 6. The molecule has 6 nitrogen and oxygen atoms in total. The van der Waals surface area contributed by atoms with Gasteiger partial charge >= 0.3 is 0 Å². The lowest BCUT2D eigenvalue weighted by Gasteiger charge is -2.28. The van der Waals surface area contributed by atoms with Crippen LogP contribution >= 0.6 is 0 Å². The van der Waals surface area contributed by atoms with E-state index in [9.17, 15) is 0 Å². The maximum absolute atomic E-state index is 2.39. The predicted octanol–water partition coefficient (Wildman–Crippen LogP) is 32.7. The Hall–Kier alpha value is -15.2. The van der Waals surface area contributed by atoms with E-state index in [1.165, 1.54) is 151 Å². The zero-order valence-corrected chi connectivity index (χ0v) is 73.0. The normalized spacial score (nSPS) is 12.8. The fraction of sp³-hybridized carbons (Fsp3) is 0.100. The summed E-state index contributed by atoms with van der Waals surface area (Å²) in [5.74, 6) is 0. The van der Waals surface area contributed by atoms with E-state index >= 15 is 0 Å². The van der Waals surface area contributed by atoms with E-state index in [0.717, 1.165) is 34.1 Å². The van der Waals surface area contributed by atoms with Gasteiger partial charge in [-0.1, -0.05) is 321 Å². The summed E-state index contributed by atoms with van der Waals surface area (Å²) >= 11 is 0. The maximum atomic E-state index is 2.39. The molecule has 0 aromatic heterocycles. The summed E-state index contributed by atoms with van der Waals surface area (Å²) in [4.78, 5) is 13.9. The van der Waals surface area contributed by atoms with Gasteiger partial charge in [0.2, 0.25) is 0 Å². The van der Waals surface area contributed by atoms with Crippen molar-refractivity contribution >= 4 is 85.3 Å². The third-order valence-electron chi connectivity index (χ3n) is 26.0. The summed E-state index contributed by atoms with van der Waals surface area (Å²) in [7, 11) is 6.50. The summed E-state index contributed by atoms with van der Waals surface area (Å²) in [5.41, 5.74) is 40.6. The van der Waals surface area contributed by atoms with Gasteiger partial charge in [-0.25, -0.2) is 0 Å². The first-order chi connectivity index (χ1) is 61.5. The molecule has 3 aliphatic carbocycles. The number of fused-ring (bicyclic) bond motifs is 9. The number of benzene rings is 18. The van der Waals surface area contributed by atoms with E-state index in [1.807, 2.05) is 0 Å². The van der Waals surface area contributed by atoms with Gasteiger partial charge in [-0.05, 0) is 271 Å². The van der Waals surface area contributed by atoms with Gasteiger partial charge in [0, 0.05) is 128 Å². The predicted molar refractivity (Wildman–Crippen MR) is 536 cm³/mol. The molecular formula is C120H102N6. The molecule has 0 heterocycles. The van der Waals surface area contributed by atoms with Crippen molar-refractivity contribution in [3.05, 3.63) is 488 Å². The number of para-hydroxylation sites is 7. The molecule has 18 aromatic rings. The molecule has 0 saturated heterocycles. The molecule has 0 fully saturated rings. The minimum atomic E-state index is -0.143. The summed E-state index contributed by atoms with van der Waals surface area (Å²) in [6, 6.07) is 164. The van der Waals surface area contributed by atoms with Crippen molar-refractivity contribution < 1.29 is 0 Å². The van der Waals surface area contributed by atoms with Crippen LogP contribution < -0.4 is 29.4 Å². The second-order valence-electron chi connectivity index (χ2n) is 34.7. The second kappa shape index (κ2) is 34.2. The van der Waals surface area contributed by atoms with Crippen LogP contribution in [0.5, 0.6) is 0 Å². The van der Waals surface area contributed by atoms with E-state index in [2.05, 4.69) is 547 Å². The van der Waals surface area contributed by atoms with Crippen LogP contribution in [0.2, 0.25) is 0 Å². The number of anilines is 15. The van der Waals surface area contributed by atoms with Gasteiger partial charge in [0.25, 0.3) is 0 Å². The van der Waals surface area contributed by atoms with Crippen molar-refractivity contribution in [3.8, 4) is 66.8 Å². The molecule has 3 aliphatic rings. The fourth-order valence-corrected chi connectivity index (χ4v) is 19.1. The Balaban J connectivity index is 0.000000123. The highest BCUT2D eigenvalue weighted by Gasteiger charge is 2.40. The first kappa shape index (κ1) is 80.5. The molecule has 0 saturated carbocycles. The summed E-state index contributed by atoms with van der Waals surface area (Å²) in [6.07, 6.45) is 0. The Morgan fingerprint density at radius 1 is 0.143 bits per heavy atom. The van der Waals surface area contributed by atoms with Gasteiger partial charge in [0.15, 0.2) is 0 Å². The van der Waals surface area contributed by atoms with Gasteiger partial charge in [-0.2, -0.15) is 0 Å². The first-order valence-corrected chi connectivity index (χ1v) is 43.8. The molecule has 612 valence electrons. The molecule has 0 bridgehead atoms. The van der Waals surface area contributed by atoms with Crippen molar-refractivity contribution in [3.63, 3.8) is 0 Å². The smallest absolute Gasteiger partial charge is 0.0487 e. The van der Waals surface area contributed by atoms with Gasteiger partial charge in [0.05, 0.1) is 0 Å². The quantitative estimate of drug-likeness (QED) is 0.0847. The third-order valence-corrected chi connectivity index (χ3v) is 26.0. The highest BCUT2D eigenvalue weighted by molar-refractivity contribution is 5.93. The van der Waals surface area contributed by atoms with Gasteiger partial charge in [0.1, 0.15) is 0 Å². The lowest BCUT2D eigenvalue weighted by atomic mass is 9.82. The second-order valence-corrected chi connectivity index (χ2v) is 34.7. The molecule has 0 amide bonds. The topological polar surface area (TPSA) is 19.4 Å². The minimum absolute atomic E-state index is 0.131. The van der Waals surface area contributed by atoms with E-state index in [4.69, 9.17) is 0 Å². The molecule has 0 aliphatic heterocycles. The Kier molecular flexibility index (Phi) is 21.9. The van der Waals surface area contributed by atoms with Crippen LogP contribution in [0, 0.1) is 0 Å². The Bertz CT molecular complexity index is 6760. The number of rotatable bonds is 18. The lowest BCUT2D eigenvalue weighted by Crippen LogP contribution is -2.17. The van der Waals surface area contributed by atoms with E-state index in [-0.39, 0.29) is 16.2 Å². The molecule has 0 unspecified atom stereocenters. The monoisotopic (exact) mass is 1630 g/mol. The Morgan fingerprint density at radius 3 is 0.683 bits per heavy atom. The molecule has 0 radical (unpaired) electrons. The first-order valence-electron chi connectivity index (χ1n) is 43.8. The molecule has 0 atom stereocenters. The average molecular weight is 1630 g/mol. The van der Waals surface area contributed by atoms with Crippen LogP contribution in [0.1, 0.15) is 74.9 Å². The zero-order valence-electron chi connectivity index (χ0n) is 73.0. The molecular weight excluding hydrogens is 1530 g/mol. The Labute approximate surface area is 743 Å². The third kappa shape index (κ3) is 15.5. The van der Waals surface area contributed by atoms with E-state index in [0.29, 0.717) is 0 Å². The molecule has 0 spiro atoms. The summed E-state index contributed by atoms with van der Waals surface area (Å²) in [5, 5.41) is 0. The van der Waals surface area contributed by atoms with Gasteiger partial charge in [-0.15, -0.1) is 0 Å². The number of hydrogen-bond donors (Lipinski definition) is 0. The van der Waals surface area contributed by atoms with Crippen LogP contribution in [0.15, 0.2) is 455 Å². The van der Waals surface area contributed by atoms with Crippen LogP contribution in [-0.2, 0) is 16.2 Å². The highest BCUT2D eigenvalue weighted by atomic mass is 15.2. The van der Waals surface area contributed by atoms with Crippen LogP contribution in [0.4, 0.5) is 85.3 Å². The molecule has 18 aromatic carbocycles. The van der Waals surface area contributed by atoms with E-state index in [1.54, 1.807) is 0 Å².